The summed E-state index contributed by atoms with van der Waals surface area (Å²) < 4.78 is 4.48. The van der Waals surface area contributed by atoms with E-state index in [1.165, 1.54) is 0 Å². The average molecular weight is 100 g/mol. The van der Waals surface area contributed by atoms with Gasteiger partial charge in [-0.1, -0.05) is 0 Å². The lowest BCUT2D eigenvalue weighted by Crippen LogP contribution is -1.93. The number of carbonyl (C=O) groups is 2. The number of epoxide rings is 1. The summed E-state index contributed by atoms with van der Waals surface area (Å²) in [5, 5.41) is 0. The third-order valence-corrected chi connectivity index (χ3v) is 0.830. The Labute approximate surface area is 40.3 Å². The molecule has 3 heteroatoms. The van der Waals surface area contributed by atoms with E-state index in [4.69, 9.17) is 0 Å². The van der Waals surface area contributed by atoms with Crippen molar-refractivity contribution in [1.29, 1.82) is 0 Å². The Morgan fingerprint density at radius 1 is 1.14 bits per heavy atom. The van der Waals surface area contributed by atoms with E-state index in [1.807, 2.05) is 0 Å². The molecule has 38 valence electrons. The van der Waals surface area contributed by atoms with Crippen molar-refractivity contribution in [1.82, 2.24) is 0 Å². The lowest BCUT2D eigenvalue weighted by atomic mass is 10.4. The molecule has 0 amide bonds. The Morgan fingerprint density at radius 3 is 1.71 bits per heavy atom. The zero-order valence-electron chi connectivity index (χ0n) is 3.53. The van der Waals surface area contributed by atoms with Gasteiger partial charge >= 0.3 is 0 Å². The molecule has 0 unspecified atom stereocenters. The van der Waals surface area contributed by atoms with E-state index in [9.17, 15) is 9.59 Å². The van der Waals surface area contributed by atoms with Gasteiger partial charge in [0.05, 0.1) is 0 Å². The van der Waals surface area contributed by atoms with Crippen LogP contribution in [0.3, 0.4) is 0 Å². The first-order valence-electron chi connectivity index (χ1n) is 1.94. The summed E-state index contributed by atoms with van der Waals surface area (Å²) in [6.45, 7) is 0. The van der Waals surface area contributed by atoms with E-state index in [1.54, 1.807) is 0 Å². The van der Waals surface area contributed by atoms with Gasteiger partial charge in [-0.25, -0.2) is 0 Å². The minimum atomic E-state index is -0.433. The molecule has 0 spiro atoms. The van der Waals surface area contributed by atoms with Crippen LogP contribution < -0.4 is 0 Å². The van der Waals surface area contributed by atoms with Gasteiger partial charge in [0.25, 0.3) is 0 Å². The minimum absolute atomic E-state index is 0.433. The maximum atomic E-state index is 9.65. The topological polar surface area (TPSA) is 46.7 Å². The molecule has 0 N–H and O–H groups in total. The predicted molar refractivity (Wildman–Crippen MR) is 20.8 cm³/mol. The van der Waals surface area contributed by atoms with E-state index >= 15 is 0 Å². The van der Waals surface area contributed by atoms with Gasteiger partial charge in [0.2, 0.25) is 0 Å². The molecule has 7 heavy (non-hydrogen) atoms. The van der Waals surface area contributed by atoms with Crippen molar-refractivity contribution < 1.29 is 14.3 Å². The molecule has 0 aromatic carbocycles. The summed E-state index contributed by atoms with van der Waals surface area (Å²) in [5.41, 5.74) is 0. The third kappa shape index (κ3) is 0.667. The fourth-order valence-electron chi connectivity index (χ4n) is 0.355. The van der Waals surface area contributed by atoms with Crippen molar-refractivity contribution in [2.24, 2.45) is 0 Å². The molecule has 3 nitrogen and oxygen atoms in total. The van der Waals surface area contributed by atoms with Gasteiger partial charge in [-0.15, -0.1) is 0 Å². The molecule has 1 aliphatic heterocycles. The second-order valence-corrected chi connectivity index (χ2v) is 1.34. The van der Waals surface area contributed by atoms with Crippen LogP contribution in [0, 0.1) is 0 Å². The number of hydrogen-bond acceptors (Lipinski definition) is 3. The maximum absolute atomic E-state index is 9.65. The van der Waals surface area contributed by atoms with E-state index in [2.05, 4.69) is 4.74 Å². The normalized spacial score (nSPS) is 37.1. The van der Waals surface area contributed by atoms with Gasteiger partial charge in [0.1, 0.15) is 12.2 Å². The standard InChI is InChI=1S/C4H4O3/c5-1-3-4(2-6)7-3/h1-4H/t3-,4+. The molecule has 1 fully saturated rings. The average Bonchev–Trinajstić information content (AvgIpc) is 2.43. The number of carbonyl (C=O) groups excluding carboxylic acids is 2. The van der Waals surface area contributed by atoms with Crippen LogP contribution in [0.1, 0.15) is 0 Å². The van der Waals surface area contributed by atoms with Crippen LogP contribution in [0.5, 0.6) is 0 Å². The number of rotatable bonds is 2. The Kier molecular flexibility index (Phi) is 0.906. The van der Waals surface area contributed by atoms with Crippen molar-refractivity contribution in [3.63, 3.8) is 0 Å². The first-order valence-corrected chi connectivity index (χ1v) is 1.94. The highest BCUT2D eigenvalue weighted by atomic mass is 16.6. The fourth-order valence-corrected chi connectivity index (χ4v) is 0.355. The molecule has 0 bridgehead atoms. The molecular weight excluding hydrogens is 96.0 g/mol. The first kappa shape index (κ1) is 4.46. The minimum Gasteiger partial charge on any atom is -0.354 e. The summed E-state index contributed by atoms with van der Waals surface area (Å²) in [6.07, 6.45) is 0.382. The van der Waals surface area contributed by atoms with Crippen LogP contribution >= 0.6 is 0 Å². The van der Waals surface area contributed by atoms with Crippen molar-refractivity contribution in [2.45, 2.75) is 12.2 Å². The van der Waals surface area contributed by atoms with Gasteiger partial charge in [0.15, 0.2) is 12.6 Å². The largest absolute Gasteiger partial charge is 0.354 e. The molecule has 2 atom stereocenters. The van der Waals surface area contributed by atoms with Crippen LogP contribution in [-0.4, -0.2) is 24.8 Å². The van der Waals surface area contributed by atoms with Crippen LogP contribution in [-0.2, 0) is 14.3 Å². The molecule has 1 heterocycles. The highest BCUT2D eigenvalue weighted by molar-refractivity contribution is 5.73. The Morgan fingerprint density at radius 2 is 1.57 bits per heavy atom. The Bertz CT molecular complexity index is 87.1. The monoisotopic (exact) mass is 100 g/mol. The van der Waals surface area contributed by atoms with Crippen LogP contribution in [0.2, 0.25) is 0 Å². The van der Waals surface area contributed by atoms with E-state index in [0.717, 1.165) is 0 Å². The molecule has 0 aliphatic carbocycles. The van der Waals surface area contributed by atoms with Gasteiger partial charge in [-0.3, -0.25) is 0 Å². The SMILES string of the molecule is O=C[C@@H]1O[C@@H]1C=O. The van der Waals surface area contributed by atoms with Crippen LogP contribution in [0.4, 0.5) is 0 Å². The number of ether oxygens (including phenoxy) is 1. The van der Waals surface area contributed by atoms with Gasteiger partial charge in [-0.2, -0.15) is 0 Å². The van der Waals surface area contributed by atoms with Gasteiger partial charge in [-0.05, 0) is 0 Å². The summed E-state index contributed by atoms with van der Waals surface area (Å²) in [6, 6.07) is 0. The maximum Gasteiger partial charge on any atom is 0.151 e. The highest BCUT2D eigenvalue weighted by Crippen LogP contribution is 2.15. The second-order valence-electron chi connectivity index (χ2n) is 1.34. The first-order chi connectivity index (χ1) is 3.38. The molecular formula is C4H4O3. The molecule has 0 aromatic rings. The number of aldehydes is 2. The fraction of sp³-hybridized carbons (Fsp3) is 0.500. The molecule has 1 saturated heterocycles. The predicted octanol–water partition coefficient (Wildman–Crippen LogP) is -0.848. The Balaban J connectivity index is 2.30. The second kappa shape index (κ2) is 1.42. The zero-order valence-corrected chi connectivity index (χ0v) is 3.53. The molecule has 0 saturated carbocycles. The zero-order chi connectivity index (χ0) is 5.28. The van der Waals surface area contributed by atoms with Crippen molar-refractivity contribution in [3.8, 4) is 0 Å². The van der Waals surface area contributed by atoms with E-state index in [0.29, 0.717) is 12.6 Å². The van der Waals surface area contributed by atoms with Crippen molar-refractivity contribution in [3.05, 3.63) is 0 Å². The molecule has 0 radical (unpaired) electrons. The summed E-state index contributed by atoms with van der Waals surface area (Å²) >= 11 is 0. The van der Waals surface area contributed by atoms with Gasteiger partial charge in [0, 0.05) is 0 Å². The van der Waals surface area contributed by atoms with Crippen LogP contribution in [0.25, 0.3) is 0 Å². The smallest absolute Gasteiger partial charge is 0.151 e. The molecule has 1 aliphatic rings. The summed E-state index contributed by atoms with van der Waals surface area (Å²) in [5.74, 6) is 0. The summed E-state index contributed by atoms with van der Waals surface area (Å²) in [7, 11) is 0. The highest BCUT2D eigenvalue weighted by Gasteiger charge is 2.37. The quantitative estimate of drug-likeness (QED) is 0.335. The Hall–Kier alpha value is -0.700. The number of hydrogen-bond donors (Lipinski definition) is 0. The van der Waals surface area contributed by atoms with Crippen molar-refractivity contribution >= 4 is 12.6 Å². The van der Waals surface area contributed by atoms with Crippen molar-refractivity contribution in [2.75, 3.05) is 0 Å². The molecule has 1 rings (SSSR count). The van der Waals surface area contributed by atoms with Crippen LogP contribution in [0.15, 0.2) is 0 Å². The summed E-state index contributed by atoms with van der Waals surface area (Å²) in [4.78, 5) is 19.3. The lowest BCUT2D eigenvalue weighted by molar-refractivity contribution is -0.110. The lowest BCUT2D eigenvalue weighted by Gasteiger charge is -1.59. The van der Waals surface area contributed by atoms with E-state index in [-0.39, 0.29) is 0 Å². The third-order valence-electron chi connectivity index (χ3n) is 0.830. The molecule has 0 aromatic heterocycles. The van der Waals surface area contributed by atoms with Gasteiger partial charge < -0.3 is 14.3 Å². The van der Waals surface area contributed by atoms with E-state index < -0.39 is 12.2 Å².